The number of aromatic nitrogens is 1. The molecule has 0 fully saturated rings. The summed E-state index contributed by atoms with van der Waals surface area (Å²) in [4.78, 5) is 12.9. The minimum atomic E-state index is -3.49. The molecule has 3 rings (SSSR count). The van der Waals surface area contributed by atoms with Gasteiger partial charge in [0.25, 0.3) is 0 Å². The standard InChI is InChI=1S/C21H21ClN2O3S/c1-15-12-19(13-23-28(26,27)14-16-6-4-3-5-7-16)24(2)20(15)21(25)17-8-10-18(22)11-9-17/h3-12,23H,13-14H2,1-2H3. The van der Waals surface area contributed by atoms with Crippen LogP contribution >= 0.6 is 11.6 Å². The maximum Gasteiger partial charge on any atom is 0.216 e. The number of nitrogens with one attached hydrogen (secondary N) is 1. The molecule has 146 valence electrons. The number of sulfonamides is 1. The monoisotopic (exact) mass is 416 g/mol. The van der Waals surface area contributed by atoms with Gasteiger partial charge in [-0.3, -0.25) is 4.79 Å². The molecule has 0 bridgehead atoms. The molecule has 3 aromatic rings. The fourth-order valence-corrected chi connectivity index (χ4v) is 4.32. The molecule has 7 heteroatoms. The number of benzene rings is 2. The number of rotatable bonds is 7. The number of hydrogen-bond acceptors (Lipinski definition) is 3. The SMILES string of the molecule is Cc1cc(CNS(=O)(=O)Cc2ccccc2)n(C)c1C(=O)c1ccc(Cl)cc1. The number of aryl methyl sites for hydroxylation is 1. The van der Waals surface area contributed by atoms with Crippen LogP contribution in [0.3, 0.4) is 0 Å². The lowest BCUT2D eigenvalue weighted by Gasteiger charge is -2.10. The normalized spacial score (nSPS) is 11.5. The first-order valence-corrected chi connectivity index (χ1v) is 10.8. The van der Waals surface area contributed by atoms with Gasteiger partial charge >= 0.3 is 0 Å². The molecule has 0 aliphatic carbocycles. The third-order valence-corrected chi connectivity index (χ3v) is 6.07. The van der Waals surface area contributed by atoms with Crippen LogP contribution in [0.2, 0.25) is 5.02 Å². The van der Waals surface area contributed by atoms with Gasteiger partial charge in [0.2, 0.25) is 15.8 Å². The smallest absolute Gasteiger partial charge is 0.216 e. The molecule has 1 heterocycles. The Balaban J connectivity index is 1.76. The van der Waals surface area contributed by atoms with E-state index in [0.717, 1.165) is 11.1 Å². The highest BCUT2D eigenvalue weighted by atomic mass is 35.5. The van der Waals surface area contributed by atoms with Crippen molar-refractivity contribution in [2.75, 3.05) is 0 Å². The van der Waals surface area contributed by atoms with Gasteiger partial charge in [0, 0.05) is 23.3 Å². The Kier molecular flexibility index (Phi) is 6.03. The largest absolute Gasteiger partial charge is 0.343 e. The second kappa shape index (κ2) is 8.31. The molecule has 0 spiro atoms. The van der Waals surface area contributed by atoms with Gasteiger partial charge in [0.15, 0.2) is 0 Å². The molecule has 0 aliphatic heterocycles. The summed E-state index contributed by atoms with van der Waals surface area (Å²) in [6.45, 7) is 1.95. The van der Waals surface area contributed by atoms with Crippen molar-refractivity contribution in [2.24, 2.45) is 7.05 Å². The summed E-state index contributed by atoms with van der Waals surface area (Å²) in [5.41, 5.74) is 3.28. The number of halogens is 1. The Hall–Kier alpha value is -2.41. The van der Waals surface area contributed by atoms with Gasteiger partial charge in [0.1, 0.15) is 0 Å². The molecular weight excluding hydrogens is 396 g/mol. The lowest BCUT2D eigenvalue weighted by Crippen LogP contribution is -2.26. The zero-order valence-corrected chi connectivity index (χ0v) is 17.2. The van der Waals surface area contributed by atoms with Crippen LogP contribution in [-0.2, 0) is 29.4 Å². The summed E-state index contributed by atoms with van der Waals surface area (Å²) in [5, 5.41) is 0.564. The molecule has 0 amide bonds. The van der Waals surface area contributed by atoms with E-state index in [4.69, 9.17) is 11.6 Å². The molecule has 1 N–H and O–H groups in total. The fraction of sp³-hybridized carbons (Fsp3) is 0.190. The maximum absolute atomic E-state index is 12.9. The Morgan fingerprint density at radius 1 is 1.07 bits per heavy atom. The highest BCUT2D eigenvalue weighted by Crippen LogP contribution is 2.20. The van der Waals surface area contributed by atoms with E-state index in [9.17, 15) is 13.2 Å². The van der Waals surface area contributed by atoms with Crippen molar-refractivity contribution in [1.29, 1.82) is 0 Å². The number of hydrogen-bond donors (Lipinski definition) is 1. The van der Waals surface area contributed by atoms with Gasteiger partial charge in [0.05, 0.1) is 18.0 Å². The molecule has 28 heavy (non-hydrogen) atoms. The second-order valence-electron chi connectivity index (χ2n) is 6.63. The van der Waals surface area contributed by atoms with E-state index < -0.39 is 10.0 Å². The maximum atomic E-state index is 12.9. The average molecular weight is 417 g/mol. The van der Waals surface area contributed by atoms with Crippen molar-refractivity contribution in [3.05, 3.63) is 93.8 Å². The summed E-state index contributed by atoms with van der Waals surface area (Å²) in [5.74, 6) is -0.219. The first-order valence-electron chi connectivity index (χ1n) is 8.73. The Bertz CT molecular complexity index is 1090. The summed E-state index contributed by atoms with van der Waals surface area (Å²) in [7, 11) is -1.73. The molecule has 0 unspecified atom stereocenters. The Labute approximate surface area is 170 Å². The third-order valence-electron chi connectivity index (χ3n) is 4.52. The van der Waals surface area contributed by atoms with Crippen LogP contribution in [-0.4, -0.2) is 18.8 Å². The van der Waals surface area contributed by atoms with E-state index in [1.54, 1.807) is 60.1 Å². The van der Waals surface area contributed by atoms with Crippen LogP contribution < -0.4 is 4.72 Å². The van der Waals surface area contributed by atoms with Crippen molar-refractivity contribution in [3.63, 3.8) is 0 Å². The summed E-state index contributed by atoms with van der Waals surface area (Å²) >= 11 is 5.89. The quantitative estimate of drug-likeness (QED) is 0.595. The number of carbonyl (C=O) groups excluding carboxylic acids is 1. The Morgan fingerprint density at radius 2 is 1.71 bits per heavy atom. The third kappa shape index (κ3) is 4.70. The van der Waals surface area contributed by atoms with Crippen molar-refractivity contribution < 1.29 is 13.2 Å². The number of ketones is 1. The first kappa shape index (κ1) is 20.3. The topological polar surface area (TPSA) is 68.2 Å². The van der Waals surface area contributed by atoms with E-state index in [2.05, 4.69) is 4.72 Å². The zero-order chi connectivity index (χ0) is 20.3. The molecular formula is C21H21ClN2O3S. The van der Waals surface area contributed by atoms with Crippen molar-refractivity contribution in [3.8, 4) is 0 Å². The molecule has 0 atom stereocenters. The van der Waals surface area contributed by atoms with Crippen LogP contribution in [0.1, 0.15) is 32.9 Å². The molecule has 2 aromatic carbocycles. The molecule has 0 saturated heterocycles. The molecule has 1 aromatic heterocycles. The highest BCUT2D eigenvalue weighted by molar-refractivity contribution is 7.88. The van der Waals surface area contributed by atoms with Crippen LogP contribution in [0, 0.1) is 6.92 Å². The van der Waals surface area contributed by atoms with Gasteiger partial charge in [-0.2, -0.15) is 0 Å². The van der Waals surface area contributed by atoms with E-state index in [1.807, 2.05) is 19.1 Å². The zero-order valence-electron chi connectivity index (χ0n) is 15.6. The first-order chi connectivity index (χ1) is 13.3. The summed E-state index contributed by atoms with van der Waals surface area (Å²) in [6.07, 6.45) is 0. The average Bonchev–Trinajstić information content (AvgIpc) is 2.94. The van der Waals surface area contributed by atoms with Gasteiger partial charge in [-0.25, -0.2) is 13.1 Å². The predicted octanol–water partition coefficient (Wildman–Crippen LogP) is 3.84. The van der Waals surface area contributed by atoms with Gasteiger partial charge in [-0.05, 0) is 48.4 Å². The van der Waals surface area contributed by atoms with Crippen LogP contribution in [0.25, 0.3) is 0 Å². The van der Waals surface area contributed by atoms with Gasteiger partial charge < -0.3 is 4.57 Å². The van der Waals surface area contributed by atoms with Crippen LogP contribution in [0.5, 0.6) is 0 Å². The predicted molar refractivity (Wildman–Crippen MR) is 111 cm³/mol. The minimum absolute atomic E-state index is 0.0895. The van der Waals surface area contributed by atoms with E-state index in [0.29, 0.717) is 22.0 Å². The van der Waals surface area contributed by atoms with Gasteiger partial charge in [-0.15, -0.1) is 0 Å². The van der Waals surface area contributed by atoms with Crippen molar-refractivity contribution in [1.82, 2.24) is 9.29 Å². The van der Waals surface area contributed by atoms with Crippen LogP contribution in [0.15, 0.2) is 60.7 Å². The van der Waals surface area contributed by atoms with E-state index in [-0.39, 0.29) is 18.1 Å². The lowest BCUT2D eigenvalue weighted by atomic mass is 10.1. The summed E-state index contributed by atoms with van der Waals surface area (Å²) in [6, 6.07) is 17.5. The Morgan fingerprint density at radius 3 is 2.36 bits per heavy atom. The lowest BCUT2D eigenvalue weighted by molar-refractivity contribution is 0.103. The fourth-order valence-electron chi connectivity index (χ4n) is 3.09. The summed E-state index contributed by atoms with van der Waals surface area (Å²) < 4.78 is 29.1. The minimum Gasteiger partial charge on any atom is -0.343 e. The van der Waals surface area contributed by atoms with Crippen molar-refractivity contribution >= 4 is 27.4 Å². The number of nitrogens with zero attached hydrogens (tertiary/aromatic N) is 1. The highest BCUT2D eigenvalue weighted by Gasteiger charge is 2.19. The van der Waals surface area contributed by atoms with E-state index >= 15 is 0 Å². The number of carbonyl (C=O) groups is 1. The molecule has 5 nitrogen and oxygen atoms in total. The molecule has 0 radical (unpaired) electrons. The molecule has 0 saturated carbocycles. The molecule has 0 aliphatic rings. The van der Waals surface area contributed by atoms with Crippen molar-refractivity contribution in [2.45, 2.75) is 19.2 Å². The second-order valence-corrected chi connectivity index (χ2v) is 8.87. The van der Waals surface area contributed by atoms with E-state index in [1.165, 1.54) is 0 Å². The van der Waals surface area contributed by atoms with Crippen LogP contribution in [0.4, 0.5) is 0 Å². The van der Waals surface area contributed by atoms with Gasteiger partial charge in [-0.1, -0.05) is 41.9 Å².